The van der Waals surface area contributed by atoms with Gasteiger partial charge in [0.25, 0.3) is 0 Å². The van der Waals surface area contributed by atoms with Gasteiger partial charge in [-0.05, 0) is 48.3 Å². The maximum Gasteiger partial charge on any atom is 0.0406 e. The van der Waals surface area contributed by atoms with Crippen LogP contribution in [0, 0.1) is 5.92 Å². The molecule has 1 saturated carbocycles. The van der Waals surface area contributed by atoms with E-state index in [0.717, 1.165) is 10.9 Å². The van der Waals surface area contributed by atoms with Crippen LogP contribution in [0.15, 0.2) is 24.3 Å². The minimum atomic E-state index is 0.443. The molecule has 1 aromatic carbocycles. The molecule has 0 spiro atoms. The maximum atomic E-state index is 5.97. The third-order valence-corrected chi connectivity index (χ3v) is 4.07. The Morgan fingerprint density at radius 3 is 2.19 bits per heavy atom. The lowest BCUT2D eigenvalue weighted by Gasteiger charge is -2.31. The summed E-state index contributed by atoms with van der Waals surface area (Å²) in [6, 6.07) is 8.54. The van der Waals surface area contributed by atoms with Crippen LogP contribution in [0.5, 0.6) is 0 Å². The van der Waals surface area contributed by atoms with E-state index in [4.69, 9.17) is 11.6 Å². The van der Waals surface area contributed by atoms with Crippen LogP contribution in [0.4, 0.5) is 0 Å². The van der Waals surface area contributed by atoms with Crippen LogP contribution in [-0.4, -0.2) is 0 Å². The Labute approximate surface area is 104 Å². The van der Waals surface area contributed by atoms with Crippen molar-refractivity contribution in [2.45, 2.75) is 51.4 Å². The number of rotatable bonds is 3. The fraction of sp³-hybridized carbons (Fsp3) is 0.600. The molecule has 1 aliphatic carbocycles. The van der Waals surface area contributed by atoms with E-state index in [2.05, 4.69) is 26.0 Å². The van der Waals surface area contributed by atoms with Crippen LogP contribution >= 0.6 is 11.6 Å². The van der Waals surface area contributed by atoms with Crippen molar-refractivity contribution in [2.24, 2.45) is 5.92 Å². The summed E-state index contributed by atoms with van der Waals surface area (Å²) in [6.45, 7) is 4.66. The molecule has 0 amide bonds. The van der Waals surface area contributed by atoms with Gasteiger partial charge in [0.1, 0.15) is 0 Å². The third-order valence-electron chi connectivity index (χ3n) is 3.82. The predicted octanol–water partition coefficient (Wildman–Crippen LogP) is 5.20. The maximum absolute atomic E-state index is 5.97. The Kier molecular flexibility index (Phi) is 3.59. The topological polar surface area (TPSA) is 0 Å². The lowest BCUT2D eigenvalue weighted by molar-refractivity contribution is 0.347. The zero-order valence-electron chi connectivity index (χ0n) is 10.3. The molecular weight excluding hydrogens is 216 g/mol. The van der Waals surface area contributed by atoms with Crippen LogP contribution in [0.25, 0.3) is 0 Å². The molecule has 1 fully saturated rings. The normalized spacial score (nSPS) is 19.2. The first-order chi connectivity index (χ1) is 7.62. The molecule has 1 aliphatic rings. The van der Waals surface area contributed by atoms with Gasteiger partial charge < -0.3 is 0 Å². The number of hydrogen-bond donors (Lipinski definition) is 0. The van der Waals surface area contributed by atoms with Gasteiger partial charge in [-0.1, -0.05) is 50.4 Å². The van der Waals surface area contributed by atoms with E-state index in [-0.39, 0.29) is 0 Å². The molecular formula is C15H21Cl. The van der Waals surface area contributed by atoms with E-state index in [1.54, 1.807) is 0 Å². The summed E-state index contributed by atoms with van der Waals surface area (Å²) in [4.78, 5) is 0. The quantitative estimate of drug-likeness (QED) is 0.677. The van der Waals surface area contributed by atoms with E-state index < -0.39 is 0 Å². The monoisotopic (exact) mass is 236 g/mol. The molecule has 16 heavy (non-hydrogen) atoms. The van der Waals surface area contributed by atoms with Crippen LogP contribution in [0.1, 0.15) is 51.5 Å². The minimum absolute atomic E-state index is 0.443. The Morgan fingerprint density at radius 2 is 1.69 bits per heavy atom. The molecule has 1 heteroatoms. The van der Waals surface area contributed by atoms with Crippen LogP contribution in [-0.2, 0) is 5.41 Å². The van der Waals surface area contributed by atoms with Crippen molar-refractivity contribution in [2.75, 3.05) is 0 Å². The average Bonchev–Trinajstić information content (AvgIpc) is 2.67. The van der Waals surface area contributed by atoms with Gasteiger partial charge in [-0.2, -0.15) is 0 Å². The van der Waals surface area contributed by atoms with Crippen molar-refractivity contribution in [1.82, 2.24) is 0 Å². The second-order valence-electron chi connectivity index (χ2n) is 5.59. The summed E-state index contributed by atoms with van der Waals surface area (Å²) in [5.74, 6) is 0.772. The van der Waals surface area contributed by atoms with E-state index >= 15 is 0 Å². The Morgan fingerprint density at radius 1 is 1.12 bits per heavy atom. The van der Waals surface area contributed by atoms with Crippen molar-refractivity contribution >= 4 is 11.6 Å². The van der Waals surface area contributed by atoms with Gasteiger partial charge >= 0.3 is 0 Å². The first-order valence-electron chi connectivity index (χ1n) is 6.38. The summed E-state index contributed by atoms with van der Waals surface area (Å²) >= 11 is 5.97. The molecule has 0 heterocycles. The van der Waals surface area contributed by atoms with Gasteiger partial charge in [0.15, 0.2) is 0 Å². The molecule has 0 bridgehead atoms. The predicted molar refractivity (Wildman–Crippen MR) is 71.1 cm³/mol. The van der Waals surface area contributed by atoms with Gasteiger partial charge in [0, 0.05) is 5.02 Å². The van der Waals surface area contributed by atoms with Crippen molar-refractivity contribution in [3.63, 3.8) is 0 Å². The molecule has 0 N–H and O–H groups in total. The highest BCUT2D eigenvalue weighted by Gasteiger charge is 2.35. The fourth-order valence-corrected chi connectivity index (χ4v) is 3.37. The largest absolute Gasteiger partial charge is 0.0843 e. The first kappa shape index (κ1) is 12.0. The lowest BCUT2D eigenvalue weighted by Crippen LogP contribution is -2.24. The van der Waals surface area contributed by atoms with Gasteiger partial charge in [-0.3, -0.25) is 0 Å². The highest BCUT2D eigenvalue weighted by atomic mass is 35.5. The van der Waals surface area contributed by atoms with E-state index in [0.29, 0.717) is 5.41 Å². The Balaban J connectivity index is 2.28. The molecule has 0 unspecified atom stereocenters. The standard InChI is InChI=1S/C15H21Cl/c1-12(2)11-15(9-3-4-10-15)13-5-7-14(16)8-6-13/h5-8,12H,3-4,9-11H2,1-2H3. The summed E-state index contributed by atoms with van der Waals surface area (Å²) in [5, 5.41) is 0.849. The summed E-state index contributed by atoms with van der Waals surface area (Å²) < 4.78 is 0. The Bertz CT molecular complexity index is 331. The fourth-order valence-electron chi connectivity index (χ4n) is 3.25. The molecule has 0 atom stereocenters. The third kappa shape index (κ3) is 2.43. The van der Waals surface area contributed by atoms with Crippen molar-refractivity contribution in [3.8, 4) is 0 Å². The number of benzene rings is 1. The van der Waals surface area contributed by atoms with Gasteiger partial charge in [0.05, 0.1) is 0 Å². The van der Waals surface area contributed by atoms with E-state index in [1.807, 2.05) is 12.1 Å². The van der Waals surface area contributed by atoms with E-state index in [9.17, 15) is 0 Å². The van der Waals surface area contributed by atoms with Crippen molar-refractivity contribution in [1.29, 1.82) is 0 Å². The minimum Gasteiger partial charge on any atom is -0.0843 e. The summed E-state index contributed by atoms with van der Waals surface area (Å²) in [5.41, 5.74) is 1.95. The van der Waals surface area contributed by atoms with E-state index in [1.165, 1.54) is 37.7 Å². The molecule has 1 aromatic rings. The second-order valence-corrected chi connectivity index (χ2v) is 6.03. The molecule has 88 valence electrons. The highest BCUT2D eigenvalue weighted by Crippen LogP contribution is 2.45. The van der Waals surface area contributed by atoms with Crippen LogP contribution in [0.2, 0.25) is 5.02 Å². The lowest BCUT2D eigenvalue weighted by atomic mass is 9.73. The molecule has 0 aliphatic heterocycles. The summed E-state index contributed by atoms with van der Waals surface area (Å²) in [6.07, 6.45) is 6.79. The Hall–Kier alpha value is -0.490. The number of hydrogen-bond acceptors (Lipinski definition) is 0. The summed E-state index contributed by atoms with van der Waals surface area (Å²) in [7, 11) is 0. The van der Waals surface area contributed by atoms with Gasteiger partial charge in [0.2, 0.25) is 0 Å². The van der Waals surface area contributed by atoms with Gasteiger partial charge in [-0.25, -0.2) is 0 Å². The molecule has 2 rings (SSSR count). The SMILES string of the molecule is CC(C)CC1(c2ccc(Cl)cc2)CCCC1. The van der Waals surface area contributed by atoms with Crippen molar-refractivity contribution < 1.29 is 0 Å². The highest BCUT2D eigenvalue weighted by molar-refractivity contribution is 6.30. The molecule has 0 nitrogen and oxygen atoms in total. The smallest absolute Gasteiger partial charge is 0.0406 e. The molecule has 0 radical (unpaired) electrons. The number of halogens is 1. The first-order valence-corrected chi connectivity index (χ1v) is 6.76. The van der Waals surface area contributed by atoms with Crippen LogP contribution in [0.3, 0.4) is 0 Å². The average molecular weight is 237 g/mol. The second kappa shape index (κ2) is 4.79. The van der Waals surface area contributed by atoms with Crippen LogP contribution < -0.4 is 0 Å². The molecule has 0 aromatic heterocycles. The molecule has 0 saturated heterocycles. The zero-order chi connectivity index (χ0) is 11.6. The zero-order valence-corrected chi connectivity index (χ0v) is 11.1. The van der Waals surface area contributed by atoms with Crippen molar-refractivity contribution in [3.05, 3.63) is 34.9 Å². The van der Waals surface area contributed by atoms with Gasteiger partial charge in [-0.15, -0.1) is 0 Å².